The zero-order valence-electron chi connectivity index (χ0n) is 15.7. The van der Waals surface area contributed by atoms with Gasteiger partial charge in [-0.25, -0.2) is 4.79 Å². The van der Waals surface area contributed by atoms with Crippen molar-refractivity contribution in [2.45, 2.75) is 24.9 Å². The smallest absolute Gasteiger partial charge is 0.410 e. The summed E-state index contributed by atoms with van der Waals surface area (Å²) >= 11 is 0. The van der Waals surface area contributed by atoms with Gasteiger partial charge in [-0.05, 0) is 42.2 Å². The number of ether oxygens (including phenoxy) is 4. The lowest BCUT2D eigenvalue weighted by Gasteiger charge is -2.38. The molecule has 2 aromatic rings. The van der Waals surface area contributed by atoms with E-state index in [9.17, 15) is 4.79 Å². The average molecular weight is 369 g/mol. The first-order chi connectivity index (χ1) is 13.1. The van der Waals surface area contributed by atoms with Gasteiger partial charge < -0.3 is 18.9 Å². The molecule has 4 rings (SSSR count). The van der Waals surface area contributed by atoms with Crippen LogP contribution in [0.4, 0.5) is 4.79 Å². The molecule has 0 aliphatic carbocycles. The number of hydrogen-bond donors (Lipinski definition) is 0. The van der Waals surface area contributed by atoms with Crippen LogP contribution < -0.4 is 14.2 Å². The first-order valence-electron chi connectivity index (χ1n) is 8.97. The summed E-state index contributed by atoms with van der Waals surface area (Å²) in [5, 5.41) is 0. The van der Waals surface area contributed by atoms with E-state index in [0.29, 0.717) is 13.0 Å². The third-order valence-electron chi connectivity index (χ3n) is 5.37. The summed E-state index contributed by atoms with van der Waals surface area (Å²) in [6, 6.07) is 11.7. The Labute approximate surface area is 158 Å². The SMILES string of the molecule is COc1ccc(C[C@H]2c3c(cc(OC)cc3OC)C[C@H]3COC(=O)N32)cc1. The molecular weight excluding hydrogens is 346 g/mol. The Bertz CT molecular complexity index is 848. The van der Waals surface area contributed by atoms with E-state index < -0.39 is 0 Å². The fraction of sp³-hybridized carbons (Fsp3) is 0.381. The van der Waals surface area contributed by atoms with E-state index in [2.05, 4.69) is 0 Å². The molecule has 2 aromatic carbocycles. The van der Waals surface area contributed by atoms with E-state index in [1.54, 1.807) is 21.3 Å². The van der Waals surface area contributed by atoms with Gasteiger partial charge >= 0.3 is 6.09 Å². The molecule has 0 spiro atoms. The van der Waals surface area contributed by atoms with Gasteiger partial charge in [0.2, 0.25) is 0 Å². The molecule has 2 heterocycles. The number of rotatable bonds is 5. The number of carbonyl (C=O) groups is 1. The van der Waals surface area contributed by atoms with Crippen LogP contribution in [-0.2, 0) is 17.6 Å². The van der Waals surface area contributed by atoms with Gasteiger partial charge in [-0.1, -0.05) is 12.1 Å². The maximum absolute atomic E-state index is 12.5. The molecule has 6 heteroatoms. The van der Waals surface area contributed by atoms with Crippen LogP contribution >= 0.6 is 0 Å². The highest BCUT2D eigenvalue weighted by molar-refractivity contribution is 5.72. The second-order valence-electron chi connectivity index (χ2n) is 6.81. The van der Waals surface area contributed by atoms with E-state index in [0.717, 1.165) is 40.4 Å². The Morgan fingerprint density at radius 3 is 2.44 bits per heavy atom. The molecule has 0 aromatic heterocycles. The minimum Gasteiger partial charge on any atom is -0.497 e. The molecule has 1 amide bonds. The predicted octanol–water partition coefficient (Wildman–Crippen LogP) is 3.37. The lowest BCUT2D eigenvalue weighted by atomic mass is 9.85. The Balaban J connectivity index is 1.78. The summed E-state index contributed by atoms with van der Waals surface area (Å²) in [5.41, 5.74) is 3.29. The van der Waals surface area contributed by atoms with Crippen molar-refractivity contribution in [2.75, 3.05) is 27.9 Å². The van der Waals surface area contributed by atoms with Crippen molar-refractivity contribution >= 4 is 6.09 Å². The monoisotopic (exact) mass is 369 g/mol. The summed E-state index contributed by atoms with van der Waals surface area (Å²) in [6.07, 6.45) is 1.14. The molecule has 1 saturated heterocycles. The molecule has 142 valence electrons. The van der Waals surface area contributed by atoms with E-state index in [1.165, 1.54) is 0 Å². The Kier molecular flexibility index (Phi) is 4.56. The summed E-state index contributed by atoms with van der Waals surface area (Å²) < 4.78 is 21.7. The van der Waals surface area contributed by atoms with Crippen LogP contribution in [0.25, 0.3) is 0 Å². The molecule has 1 fully saturated rings. The van der Waals surface area contributed by atoms with Crippen LogP contribution in [0, 0.1) is 0 Å². The Morgan fingerprint density at radius 2 is 1.78 bits per heavy atom. The average Bonchev–Trinajstić information content (AvgIpc) is 3.07. The Morgan fingerprint density at radius 1 is 1.04 bits per heavy atom. The van der Waals surface area contributed by atoms with Gasteiger partial charge in [0, 0.05) is 11.6 Å². The highest BCUT2D eigenvalue weighted by Gasteiger charge is 2.44. The number of fused-ring (bicyclic) bond motifs is 2. The first-order valence-corrected chi connectivity index (χ1v) is 8.97. The second-order valence-corrected chi connectivity index (χ2v) is 6.81. The molecule has 2 atom stereocenters. The van der Waals surface area contributed by atoms with Gasteiger partial charge in [0.25, 0.3) is 0 Å². The van der Waals surface area contributed by atoms with Crippen LogP contribution in [0.1, 0.15) is 22.7 Å². The molecular formula is C21H23NO5. The van der Waals surface area contributed by atoms with Crippen molar-refractivity contribution in [1.29, 1.82) is 0 Å². The molecule has 27 heavy (non-hydrogen) atoms. The number of carbonyl (C=O) groups excluding carboxylic acids is 1. The maximum atomic E-state index is 12.5. The highest BCUT2D eigenvalue weighted by Crippen LogP contribution is 2.44. The van der Waals surface area contributed by atoms with E-state index in [1.807, 2.05) is 41.3 Å². The van der Waals surface area contributed by atoms with Crippen LogP contribution in [0.5, 0.6) is 17.2 Å². The number of methoxy groups -OCH3 is 3. The number of cyclic esters (lactones) is 1. The first kappa shape index (κ1) is 17.5. The summed E-state index contributed by atoms with van der Waals surface area (Å²) in [6.45, 7) is 0.414. The van der Waals surface area contributed by atoms with Crippen LogP contribution in [0.2, 0.25) is 0 Å². The highest BCUT2D eigenvalue weighted by atomic mass is 16.6. The molecule has 0 bridgehead atoms. The third-order valence-corrected chi connectivity index (χ3v) is 5.37. The molecule has 2 aliphatic heterocycles. The second kappa shape index (κ2) is 7.02. The van der Waals surface area contributed by atoms with Crippen molar-refractivity contribution in [3.05, 3.63) is 53.1 Å². The molecule has 0 N–H and O–H groups in total. The lowest BCUT2D eigenvalue weighted by Crippen LogP contribution is -2.43. The number of benzene rings is 2. The van der Waals surface area contributed by atoms with Crippen molar-refractivity contribution in [2.24, 2.45) is 0 Å². The van der Waals surface area contributed by atoms with Gasteiger partial charge in [-0.3, -0.25) is 4.90 Å². The van der Waals surface area contributed by atoms with Gasteiger partial charge in [0.05, 0.1) is 33.4 Å². The number of amides is 1. The lowest BCUT2D eigenvalue weighted by molar-refractivity contribution is 0.139. The minimum atomic E-state index is -0.262. The summed E-state index contributed by atoms with van der Waals surface area (Å²) in [4.78, 5) is 14.3. The number of hydrogen-bond acceptors (Lipinski definition) is 5. The zero-order valence-corrected chi connectivity index (χ0v) is 15.7. The normalized spacial score (nSPS) is 20.6. The fourth-order valence-corrected chi connectivity index (χ4v) is 4.08. The Hall–Kier alpha value is -2.89. The van der Waals surface area contributed by atoms with Gasteiger partial charge in [0.15, 0.2) is 0 Å². The van der Waals surface area contributed by atoms with Gasteiger partial charge in [-0.15, -0.1) is 0 Å². The minimum absolute atomic E-state index is 0.0325. The largest absolute Gasteiger partial charge is 0.497 e. The topological polar surface area (TPSA) is 57.2 Å². The van der Waals surface area contributed by atoms with Crippen molar-refractivity contribution in [1.82, 2.24) is 4.90 Å². The predicted molar refractivity (Wildman–Crippen MR) is 99.7 cm³/mol. The van der Waals surface area contributed by atoms with E-state index in [4.69, 9.17) is 18.9 Å². The summed E-state index contributed by atoms with van der Waals surface area (Å²) in [7, 11) is 4.94. The van der Waals surface area contributed by atoms with E-state index in [-0.39, 0.29) is 18.2 Å². The van der Waals surface area contributed by atoms with Crippen molar-refractivity contribution in [3.63, 3.8) is 0 Å². The molecule has 6 nitrogen and oxygen atoms in total. The van der Waals surface area contributed by atoms with E-state index >= 15 is 0 Å². The van der Waals surface area contributed by atoms with Crippen LogP contribution in [-0.4, -0.2) is 45.0 Å². The van der Waals surface area contributed by atoms with Crippen molar-refractivity contribution in [3.8, 4) is 17.2 Å². The number of nitrogens with zero attached hydrogens (tertiary/aromatic N) is 1. The van der Waals surface area contributed by atoms with Gasteiger partial charge in [-0.2, -0.15) is 0 Å². The van der Waals surface area contributed by atoms with Crippen LogP contribution in [0.15, 0.2) is 36.4 Å². The third kappa shape index (κ3) is 3.05. The molecule has 2 aliphatic rings. The zero-order chi connectivity index (χ0) is 19.0. The van der Waals surface area contributed by atoms with Crippen molar-refractivity contribution < 1.29 is 23.7 Å². The fourth-order valence-electron chi connectivity index (χ4n) is 4.08. The van der Waals surface area contributed by atoms with Gasteiger partial charge in [0.1, 0.15) is 23.9 Å². The quantitative estimate of drug-likeness (QED) is 0.809. The molecule has 0 saturated carbocycles. The maximum Gasteiger partial charge on any atom is 0.410 e. The standard InChI is InChI=1S/C21H23NO5/c1-24-16-6-4-13(5-7-16)8-18-20-14(9-15-12-27-21(23)22(15)18)10-17(25-2)11-19(20)26-3/h4-7,10-11,15,18H,8-9,12H2,1-3H3/t15-,18-/m0/s1. The molecule has 0 radical (unpaired) electrons. The molecule has 0 unspecified atom stereocenters. The summed E-state index contributed by atoms with van der Waals surface area (Å²) in [5.74, 6) is 2.30. The van der Waals surface area contributed by atoms with Crippen LogP contribution in [0.3, 0.4) is 0 Å².